The fraction of sp³-hybridized carbons (Fsp3) is 0.889. The molecule has 1 aliphatic heterocycles. The van der Waals surface area contributed by atoms with Gasteiger partial charge in [0.05, 0.1) is 6.10 Å². The molecule has 2 atom stereocenters. The number of nitrogens with one attached hydrogen (secondary N) is 1. The average Bonchev–Trinajstić information content (AvgIpc) is 2.26. The van der Waals surface area contributed by atoms with Crippen LogP contribution in [0.1, 0.15) is 26.2 Å². The van der Waals surface area contributed by atoms with Crippen LogP contribution in [-0.2, 0) is 15.0 Å². The van der Waals surface area contributed by atoms with E-state index >= 15 is 0 Å². The van der Waals surface area contributed by atoms with Gasteiger partial charge >= 0.3 is 5.97 Å². The van der Waals surface area contributed by atoms with Crippen LogP contribution in [0.4, 0.5) is 0 Å². The van der Waals surface area contributed by atoms with E-state index in [4.69, 9.17) is 10.2 Å². The van der Waals surface area contributed by atoms with Crippen molar-refractivity contribution in [3.05, 3.63) is 0 Å². The Morgan fingerprint density at radius 2 is 2.18 bits per heavy atom. The SMILES string of the molecule is C[C@@H](O)CNS(=O)(=O)N1CCCCC1C(=O)O. The molecule has 0 aromatic rings. The lowest BCUT2D eigenvalue weighted by molar-refractivity contribution is -0.142. The molecule has 8 heteroatoms. The van der Waals surface area contributed by atoms with Gasteiger partial charge in [0.2, 0.25) is 0 Å². The Labute approximate surface area is 101 Å². The summed E-state index contributed by atoms with van der Waals surface area (Å²) in [5, 5.41) is 18.0. The molecular weight excluding hydrogens is 248 g/mol. The van der Waals surface area contributed by atoms with Gasteiger partial charge in [-0.15, -0.1) is 0 Å². The summed E-state index contributed by atoms with van der Waals surface area (Å²) in [5.41, 5.74) is 0. The summed E-state index contributed by atoms with van der Waals surface area (Å²) in [7, 11) is -3.83. The number of nitrogens with zero attached hydrogens (tertiary/aromatic N) is 1. The molecule has 0 amide bonds. The summed E-state index contributed by atoms with van der Waals surface area (Å²) in [5.74, 6) is -1.13. The first kappa shape index (κ1) is 14.4. The van der Waals surface area contributed by atoms with Gasteiger partial charge in [-0.2, -0.15) is 17.4 Å². The second-order valence-corrected chi connectivity index (χ2v) is 5.87. The second kappa shape index (κ2) is 5.76. The van der Waals surface area contributed by atoms with Crippen LogP contribution in [-0.4, -0.2) is 54.1 Å². The number of carboxylic acid groups (broad SMARTS) is 1. The maximum absolute atomic E-state index is 11.8. The number of carbonyl (C=O) groups is 1. The molecule has 0 aromatic heterocycles. The Morgan fingerprint density at radius 3 is 2.71 bits per heavy atom. The number of piperidine rings is 1. The maximum Gasteiger partial charge on any atom is 0.322 e. The molecule has 3 N–H and O–H groups in total. The zero-order valence-corrected chi connectivity index (χ0v) is 10.5. The highest BCUT2D eigenvalue weighted by atomic mass is 32.2. The van der Waals surface area contributed by atoms with Crippen LogP contribution in [0.25, 0.3) is 0 Å². The maximum atomic E-state index is 11.8. The molecule has 1 unspecified atom stereocenters. The van der Waals surface area contributed by atoms with Gasteiger partial charge in [-0.1, -0.05) is 0 Å². The molecule has 1 saturated heterocycles. The van der Waals surface area contributed by atoms with Crippen LogP contribution in [0.5, 0.6) is 0 Å². The summed E-state index contributed by atoms with van der Waals surface area (Å²) in [4.78, 5) is 11.0. The van der Waals surface area contributed by atoms with E-state index in [9.17, 15) is 13.2 Å². The molecule has 1 heterocycles. The third kappa shape index (κ3) is 3.91. The average molecular weight is 266 g/mol. The number of aliphatic hydroxyl groups is 1. The Hall–Kier alpha value is -0.700. The highest BCUT2D eigenvalue weighted by Crippen LogP contribution is 2.19. The first-order chi connectivity index (χ1) is 7.84. The van der Waals surface area contributed by atoms with E-state index in [1.54, 1.807) is 0 Å². The lowest BCUT2D eigenvalue weighted by atomic mass is 10.1. The molecule has 0 radical (unpaired) electrons. The van der Waals surface area contributed by atoms with Gasteiger partial charge in [0, 0.05) is 13.1 Å². The van der Waals surface area contributed by atoms with Gasteiger partial charge in [-0.25, -0.2) is 0 Å². The van der Waals surface area contributed by atoms with Crippen molar-refractivity contribution in [2.24, 2.45) is 0 Å². The Kier molecular flexibility index (Phi) is 4.87. The molecule has 0 aliphatic carbocycles. The lowest BCUT2D eigenvalue weighted by Crippen LogP contribution is -2.52. The van der Waals surface area contributed by atoms with E-state index in [0.29, 0.717) is 19.3 Å². The third-order valence-corrected chi connectivity index (χ3v) is 4.19. The van der Waals surface area contributed by atoms with E-state index in [-0.39, 0.29) is 13.1 Å². The summed E-state index contributed by atoms with van der Waals surface area (Å²) >= 11 is 0. The van der Waals surface area contributed by atoms with E-state index in [1.165, 1.54) is 6.92 Å². The topological polar surface area (TPSA) is 107 Å². The molecule has 0 bridgehead atoms. The fourth-order valence-corrected chi connectivity index (χ4v) is 3.27. The lowest BCUT2D eigenvalue weighted by Gasteiger charge is -2.31. The Morgan fingerprint density at radius 1 is 1.53 bits per heavy atom. The monoisotopic (exact) mass is 266 g/mol. The summed E-state index contributed by atoms with van der Waals surface area (Å²) in [6, 6.07) is -1.00. The standard InChI is InChI=1S/C9H18N2O5S/c1-7(12)6-10-17(15,16)11-5-3-2-4-8(11)9(13)14/h7-8,10,12H,2-6H2,1H3,(H,13,14)/t7-,8?/m1/s1. The van der Waals surface area contributed by atoms with Crippen molar-refractivity contribution in [1.82, 2.24) is 9.03 Å². The van der Waals surface area contributed by atoms with Gasteiger partial charge in [-0.05, 0) is 26.2 Å². The number of rotatable bonds is 5. The van der Waals surface area contributed by atoms with Gasteiger partial charge in [0.1, 0.15) is 6.04 Å². The van der Waals surface area contributed by atoms with Gasteiger partial charge in [-0.3, -0.25) is 4.79 Å². The Bertz CT molecular complexity index is 368. The van der Waals surface area contributed by atoms with Gasteiger partial charge < -0.3 is 10.2 Å². The number of aliphatic hydroxyl groups excluding tert-OH is 1. The predicted octanol–water partition coefficient (Wildman–Crippen LogP) is -0.859. The number of hydrogen-bond donors (Lipinski definition) is 3. The molecule has 1 aliphatic rings. The molecule has 7 nitrogen and oxygen atoms in total. The number of hydrogen-bond acceptors (Lipinski definition) is 4. The van der Waals surface area contributed by atoms with Gasteiger partial charge in [0.15, 0.2) is 0 Å². The molecule has 0 spiro atoms. The minimum Gasteiger partial charge on any atom is -0.480 e. The highest BCUT2D eigenvalue weighted by Gasteiger charge is 2.36. The first-order valence-corrected chi connectivity index (χ1v) is 6.96. The molecule has 0 aromatic carbocycles. The fourth-order valence-electron chi connectivity index (χ4n) is 1.75. The van der Waals surface area contributed by atoms with Crippen LogP contribution in [0.3, 0.4) is 0 Å². The summed E-state index contributed by atoms with van der Waals surface area (Å²) < 4.78 is 26.8. The minimum atomic E-state index is -3.83. The first-order valence-electron chi connectivity index (χ1n) is 5.52. The van der Waals surface area contributed by atoms with Crippen molar-refractivity contribution >= 4 is 16.2 Å². The predicted molar refractivity (Wildman–Crippen MR) is 60.6 cm³/mol. The van der Waals surface area contributed by atoms with Gasteiger partial charge in [0.25, 0.3) is 10.2 Å². The highest BCUT2D eigenvalue weighted by molar-refractivity contribution is 7.87. The smallest absolute Gasteiger partial charge is 0.322 e. The van der Waals surface area contributed by atoms with Crippen molar-refractivity contribution in [2.75, 3.05) is 13.1 Å². The van der Waals surface area contributed by atoms with E-state index in [0.717, 1.165) is 4.31 Å². The van der Waals surface area contributed by atoms with Crippen molar-refractivity contribution in [1.29, 1.82) is 0 Å². The second-order valence-electron chi connectivity index (χ2n) is 4.16. The van der Waals surface area contributed by atoms with Crippen molar-refractivity contribution in [3.8, 4) is 0 Å². The summed E-state index contributed by atoms with van der Waals surface area (Å²) in [6.07, 6.45) is 0.877. The molecular formula is C9H18N2O5S. The number of aliphatic carboxylic acids is 1. The zero-order chi connectivity index (χ0) is 13.1. The molecule has 100 valence electrons. The quantitative estimate of drug-likeness (QED) is 0.600. The van der Waals surface area contributed by atoms with Crippen molar-refractivity contribution in [3.63, 3.8) is 0 Å². The number of carboxylic acids is 1. The van der Waals surface area contributed by atoms with E-state index in [1.807, 2.05) is 0 Å². The summed E-state index contributed by atoms with van der Waals surface area (Å²) in [6.45, 7) is 1.53. The normalized spacial score (nSPS) is 24.5. The van der Waals surface area contributed by atoms with Crippen LogP contribution in [0, 0.1) is 0 Å². The van der Waals surface area contributed by atoms with Crippen molar-refractivity contribution in [2.45, 2.75) is 38.3 Å². The zero-order valence-electron chi connectivity index (χ0n) is 9.66. The van der Waals surface area contributed by atoms with Crippen LogP contribution in [0.2, 0.25) is 0 Å². The van der Waals surface area contributed by atoms with Crippen LogP contribution >= 0.6 is 0 Å². The Balaban J connectivity index is 2.76. The third-order valence-electron chi connectivity index (χ3n) is 2.61. The molecule has 1 rings (SSSR count). The minimum absolute atomic E-state index is 0.120. The molecule has 1 fully saturated rings. The van der Waals surface area contributed by atoms with Crippen molar-refractivity contribution < 1.29 is 23.4 Å². The van der Waals surface area contributed by atoms with Crippen LogP contribution in [0.15, 0.2) is 0 Å². The van der Waals surface area contributed by atoms with Crippen LogP contribution < -0.4 is 4.72 Å². The van der Waals surface area contributed by atoms with E-state index < -0.39 is 28.3 Å². The largest absolute Gasteiger partial charge is 0.480 e. The molecule has 0 saturated carbocycles. The molecule has 17 heavy (non-hydrogen) atoms. The van der Waals surface area contributed by atoms with E-state index in [2.05, 4.69) is 4.72 Å².